The number of halogens is 1. The smallest absolute Gasteiger partial charge is 0.321 e. The van der Waals surface area contributed by atoms with Crippen molar-refractivity contribution in [2.75, 3.05) is 18.9 Å². The molecule has 2 N–H and O–H groups in total. The minimum absolute atomic E-state index is 0.182. The van der Waals surface area contributed by atoms with Gasteiger partial charge in [0.15, 0.2) is 0 Å². The van der Waals surface area contributed by atoms with E-state index in [4.69, 9.17) is 0 Å². The number of nitrogens with zero attached hydrogens (tertiary/aromatic N) is 3. The summed E-state index contributed by atoms with van der Waals surface area (Å²) in [5.41, 5.74) is 3.94. The summed E-state index contributed by atoms with van der Waals surface area (Å²) in [6.45, 7) is 2.56. The van der Waals surface area contributed by atoms with Crippen LogP contribution in [0.4, 0.5) is 14.9 Å². The Morgan fingerprint density at radius 3 is 2.79 bits per heavy atom. The van der Waals surface area contributed by atoms with Crippen LogP contribution < -0.4 is 5.32 Å². The summed E-state index contributed by atoms with van der Waals surface area (Å²) in [5, 5.41) is 12.4. The van der Waals surface area contributed by atoms with Crippen molar-refractivity contribution in [3.05, 3.63) is 47.8 Å². The van der Waals surface area contributed by atoms with Crippen LogP contribution >= 0.6 is 0 Å². The fraction of sp³-hybridized carbons (Fsp3) is 0.364. The van der Waals surface area contributed by atoms with Crippen molar-refractivity contribution in [2.45, 2.75) is 25.9 Å². The molecule has 7 heteroatoms. The summed E-state index contributed by atoms with van der Waals surface area (Å²) >= 11 is 0. The highest BCUT2D eigenvalue weighted by atomic mass is 19.1. The van der Waals surface area contributed by atoms with Gasteiger partial charge in [0.1, 0.15) is 11.6 Å². The highest BCUT2D eigenvalue weighted by molar-refractivity contribution is 5.91. The Labute approximate surface area is 169 Å². The third-order valence-electron chi connectivity index (χ3n) is 5.67. The lowest BCUT2D eigenvalue weighted by molar-refractivity contribution is 0.0332. The molecule has 6 nitrogen and oxygen atoms in total. The lowest BCUT2D eigenvalue weighted by Gasteiger charge is -2.34. The van der Waals surface area contributed by atoms with Crippen LogP contribution in [0.15, 0.2) is 36.4 Å². The fourth-order valence-corrected chi connectivity index (χ4v) is 3.86. The number of rotatable bonds is 4. The van der Waals surface area contributed by atoms with Crippen molar-refractivity contribution in [1.29, 1.82) is 0 Å². The monoisotopic (exact) mass is 396 g/mol. The van der Waals surface area contributed by atoms with Gasteiger partial charge in [-0.1, -0.05) is 12.1 Å². The molecule has 3 aromatic rings. The van der Waals surface area contributed by atoms with Crippen LogP contribution in [0.3, 0.4) is 0 Å². The number of hydrogen-bond donors (Lipinski definition) is 2. The Hall–Kier alpha value is -2.93. The van der Waals surface area contributed by atoms with Gasteiger partial charge in [-0.25, -0.2) is 14.2 Å². The number of urea groups is 1. The number of aliphatic hydroxyl groups excluding tert-OH is 1. The molecular weight excluding hydrogens is 371 g/mol. The molecule has 1 aliphatic carbocycles. The highest BCUT2D eigenvalue weighted by Crippen LogP contribution is 2.29. The molecule has 0 saturated heterocycles. The van der Waals surface area contributed by atoms with Gasteiger partial charge in [0.2, 0.25) is 0 Å². The van der Waals surface area contributed by atoms with E-state index >= 15 is 0 Å². The zero-order valence-electron chi connectivity index (χ0n) is 16.8. The largest absolute Gasteiger partial charge is 0.393 e. The van der Waals surface area contributed by atoms with E-state index in [1.807, 2.05) is 36.7 Å². The maximum Gasteiger partial charge on any atom is 0.321 e. The van der Waals surface area contributed by atoms with Crippen molar-refractivity contribution in [1.82, 2.24) is 14.5 Å². The molecule has 0 aliphatic heterocycles. The zero-order chi connectivity index (χ0) is 20.7. The quantitative estimate of drug-likeness (QED) is 0.702. The molecule has 1 saturated carbocycles. The first-order chi connectivity index (χ1) is 13.8. The second-order valence-corrected chi connectivity index (χ2v) is 7.96. The van der Waals surface area contributed by atoms with Crippen molar-refractivity contribution in [3.8, 4) is 11.4 Å². The molecule has 152 valence electrons. The number of fused-ring (bicyclic) bond motifs is 1. The summed E-state index contributed by atoms with van der Waals surface area (Å²) in [6.07, 6.45) is 1.27. The van der Waals surface area contributed by atoms with Gasteiger partial charge >= 0.3 is 6.03 Å². The van der Waals surface area contributed by atoms with Crippen molar-refractivity contribution < 1.29 is 14.3 Å². The Kier molecular flexibility index (Phi) is 5.00. The molecule has 1 heterocycles. The second-order valence-electron chi connectivity index (χ2n) is 7.96. The fourth-order valence-electron chi connectivity index (χ4n) is 3.86. The number of carbonyl (C=O) groups excluding carboxylic acids is 1. The predicted octanol–water partition coefficient (Wildman–Crippen LogP) is 3.92. The van der Waals surface area contributed by atoms with Gasteiger partial charge in [0, 0.05) is 38.0 Å². The summed E-state index contributed by atoms with van der Waals surface area (Å²) in [6, 6.07) is 10.2. The molecule has 1 aliphatic rings. The molecular formula is C22H25FN4O2. The van der Waals surface area contributed by atoms with Crippen LogP contribution in [-0.4, -0.2) is 45.3 Å². The zero-order valence-corrected chi connectivity index (χ0v) is 16.8. The van der Waals surface area contributed by atoms with Crippen LogP contribution in [0.1, 0.15) is 18.4 Å². The van der Waals surface area contributed by atoms with Crippen LogP contribution in [0.25, 0.3) is 22.4 Å². The summed E-state index contributed by atoms with van der Waals surface area (Å²) in [5.74, 6) is 0.743. The average molecular weight is 396 g/mol. The van der Waals surface area contributed by atoms with Gasteiger partial charge < -0.3 is 19.9 Å². The molecule has 0 unspecified atom stereocenters. The molecule has 0 atom stereocenters. The topological polar surface area (TPSA) is 70.4 Å². The van der Waals surface area contributed by atoms with Gasteiger partial charge in [-0.15, -0.1) is 0 Å². The number of carbonyl (C=O) groups is 1. The number of amides is 2. The van der Waals surface area contributed by atoms with E-state index < -0.39 is 0 Å². The summed E-state index contributed by atoms with van der Waals surface area (Å²) in [7, 11) is 3.65. The Morgan fingerprint density at radius 2 is 2.07 bits per heavy atom. The average Bonchev–Trinajstić information content (AvgIpc) is 2.98. The molecule has 29 heavy (non-hydrogen) atoms. The Bertz CT molecular complexity index is 1070. The van der Waals surface area contributed by atoms with E-state index in [9.17, 15) is 14.3 Å². The number of imidazole rings is 1. The number of hydrogen-bond acceptors (Lipinski definition) is 3. The van der Waals surface area contributed by atoms with E-state index in [1.54, 1.807) is 18.0 Å². The molecule has 2 amide bonds. The van der Waals surface area contributed by atoms with Gasteiger partial charge in [-0.3, -0.25) is 0 Å². The van der Waals surface area contributed by atoms with E-state index in [0.717, 1.165) is 29.5 Å². The molecule has 0 radical (unpaired) electrons. The number of nitrogens with one attached hydrogen (secondary N) is 1. The van der Waals surface area contributed by atoms with Gasteiger partial charge in [0.25, 0.3) is 0 Å². The molecule has 2 aromatic carbocycles. The number of benzene rings is 2. The summed E-state index contributed by atoms with van der Waals surface area (Å²) in [4.78, 5) is 18.8. The van der Waals surface area contributed by atoms with Crippen LogP contribution in [-0.2, 0) is 7.05 Å². The Morgan fingerprint density at radius 1 is 1.31 bits per heavy atom. The van der Waals surface area contributed by atoms with Crippen LogP contribution in [0, 0.1) is 18.7 Å². The minimum atomic E-state index is -0.318. The van der Waals surface area contributed by atoms with Gasteiger partial charge in [0.05, 0.1) is 17.1 Å². The molecule has 0 bridgehead atoms. The van der Waals surface area contributed by atoms with Gasteiger partial charge in [-0.05, 0) is 49.4 Å². The van der Waals surface area contributed by atoms with Crippen molar-refractivity contribution in [3.63, 3.8) is 0 Å². The predicted molar refractivity (Wildman–Crippen MR) is 111 cm³/mol. The standard InChI is InChI=1S/C22H25FN4O2/c1-13-4-5-15(21-24-19-11-16(23)6-7-20(19)27(21)3)10-18(13)25-22(29)26(2)12-14-8-17(28)9-14/h4-7,10-11,14,17,28H,8-9,12H2,1-3H3,(H,25,29). The normalized spacial score (nSPS) is 18.5. The third kappa shape index (κ3) is 3.82. The Balaban J connectivity index is 1.56. The number of aromatic nitrogens is 2. The van der Waals surface area contributed by atoms with Crippen molar-refractivity contribution in [2.24, 2.45) is 13.0 Å². The molecule has 1 fully saturated rings. The highest BCUT2D eigenvalue weighted by Gasteiger charge is 2.29. The maximum absolute atomic E-state index is 13.5. The van der Waals surface area contributed by atoms with E-state index in [0.29, 0.717) is 29.5 Å². The van der Waals surface area contributed by atoms with Crippen LogP contribution in [0.5, 0.6) is 0 Å². The maximum atomic E-state index is 13.5. The molecule has 1 aromatic heterocycles. The first-order valence-electron chi connectivity index (χ1n) is 9.75. The minimum Gasteiger partial charge on any atom is -0.393 e. The van der Waals surface area contributed by atoms with Crippen LogP contribution in [0.2, 0.25) is 0 Å². The molecule has 4 rings (SSSR count). The van der Waals surface area contributed by atoms with Gasteiger partial charge in [-0.2, -0.15) is 0 Å². The van der Waals surface area contributed by atoms with E-state index in [2.05, 4.69) is 10.3 Å². The summed E-state index contributed by atoms with van der Waals surface area (Å²) < 4.78 is 15.5. The lowest BCUT2D eigenvalue weighted by Crippen LogP contribution is -2.41. The van der Waals surface area contributed by atoms with E-state index in [1.165, 1.54) is 12.1 Å². The number of aryl methyl sites for hydroxylation is 2. The van der Waals surface area contributed by atoms with E-state index in [-0.39, 0.29) is 18.0 Å². The second kappa shape index (κ2) is 7.48. The SMILES string of the molecule is Cc1ccc(-c2nc3cc(F)ccc3n2C)cc1NC(=O)N(C)CC1CC(O)C1. The lowest BCUT2D eigenvalue weighted by atomic mass is 9.82. The molecule has 0 spiro atoms. The number of aliphatic hydroxyl groups is 1. The third-order valence-corrected chi connectivity index (χ3v) is 5.67. The first-order valence-corrected chi connectivity index (χ1v) is 9.75. The first kappa shape index (κ1) is 19.4. The number of anilines is 1. The van der Waals surface area contributed by atoms with Crippen molar-refractivity contribution >= 4 is 22.8 Å².